The maximum absolute atomic E-state index is 13.7. The number of nitrogen functional groups attached to an aromatic ring is 1. The zero-order chi connectivity index (χ0) is 20.6. The van der Waals surface area contributed by atoms with Gasteiger partial charge in [0, 0.05) is 12.6 Å². The van der Waals surface area contributed by atoms with Gasteiger partial charge in [0.15, 0.2) is 5.69 Å². The van der Waals surface area contributed by atoms with Gasteiger partial charge in [-0.25, -0.2) is 4.98 Å². The minimum atomic E-state index is -4.59. The molecule has 4 heterocycles. The highest BCUT2D eigenvalue weighted by Gasteiger charge is 2.40. The average molecular weight is 410 g/mol. The van der Waals surface area contributed by atoms with Crippen molar-refractivity contribution in [3.05, 3.63) is 17.5 Å². The van der Waals surface area contributed by atoms with Gasteiger partial charge >= 0.3 is 6.18 Å². The third kappa shape index (κ3) is 3.73. The van der Waals surface area contributed by atoms with Crippen LogP contribution in [0.4, 0.5) is 24.7 Å². The Hall–Kier alpha value is -2.85. The van der Waals surface area contributed by atoms with Crippen LogP contribution in [0.1, 0.15) is 56.4 Å². The number of alkyl halides is 3. The Morgan fingerprint density at radius 2 is 1.90 bits per heavy atom. The van der Waals surface area contributed by atoms with Gasteiger partial charge in [-0.1, -0.05) is 18.0 Å². The summed E-state index contributed by atoms with van der Waals surface area (Å²) in [6.07, 6.45) is 0.668. The smallest absolute Gasteiger partial charge is 0.413 e. The Balaban J connectivity index is 1.88. The van der Waals surface area contributed by atoms with Crippen LogP contribution in [0.15, 0.2) is 15.6 Å². The normalized spacial score (nSPS) is 21.8. The molecule has 11 heteroatoms. The molecule has 0 amide bonds. The fourth-order valence-corrected chi connectivity index (χ4v) is 4.02. The van der Waals surface area contributed by atoms with Crippen LogP contribution in [0.25, 0.3) is 11.6 Å². The second kappa shape index (κ2) is 7.53. The first-order valence-corrected chi connectivity index (χ1v) is 9.58. The molecule has 8 nitrogen and oxygen atoms in total. The zero-order valence-corrected chi connectivity index (χ0v) is 15.6. The van der Waals surface area contributed by atoms with Crippen LogP contribution >= 0.6 is 0 Å². The molecule has 0 saturated carbocycles. The molecular formula is C18H21F3N6O2. The molecule has 4 rings (SSSR count). The molecule has 1 saturated heterocycles. The van der Waals surface area contributed by atoms with E-state index in [9.17, 15) is 18.4 Å². The van der Waals surface area contributed by atoms with Crippen molar-refractivity contribution in [3.63, 3.8) is 0 Å². The largest absolute Gasteiger partial charge is 0.420 e. The number of oxime groups is 1. The lowest BCUT2D eigenvalue weighted by Crippen LogP contribution is -2.32. The molecule has 156 valence electrons. The van der Waals surface area contributed by atoms with Crippen LogP contribution in [-0.2, 0) is 6.18 Å². The van der Waals surface area contributed by atoms with E-state index in [1.54, 1.807) is 4.90 Å². The van der Waals surface area contributed by atoms with Crippen molar-refractivity contribution in [2.75, 3.05) is 17.2 Å². The minimum Gasteiger partial charge on any atom is -0.413 e. The number of pyridine rings is 1. The second-order valence-corrected chi connectivity index (χ2v) is 7.34. The van der Waals surface area contributed by atoms with E-state index in [1.807, 2.05) is 0 Å². The highest BCUT2D eigenvalue weighted by molar-refractivity contribution is 5.96. The third-order valence-corrected chi connectivity index (χ3v) is 5.43. The summed E-state index contributed by atoms with van der Waals surface area (Å²) in [4.78, 5) is 5.98. The lowest BCUT2D eigenvalue weighted by atomic mass is 10.0. The van der Waals surface area contributed by atoms with Crippen LogP contribution in [0.5, 0.6) is 0 Å². The molecule has 0 aliphatic carbocycles. The van der Waals surface area contributed by atoms with Gasteiger partial charge in [-0.3, -0.25) is 0 Å². The number of rotatable bonds is 0. The van der Waals surface area contributed by atoms with Crippen molar-refractivity contribution >= 4 is 17.2 Å². The predicted octanol–water partition coefficient (Wildman–Crippen LogP) is 3.84. The first kappa shape index (κ1) is 19.5. The van der Waals surface area contributed by atoms with Gasteiger partial charge in [0.1, 0.15) is 17.1 Å². The van der Waals surface area contributed by atoms with Crippen LogP contribution in [0.2, 0.25) is 0 Å². The van der Waals surface area contributed by atoms with E-state index < -0.39 is 11.7 Å². The summed E-state index contributed by atoms with van der Waals surface area (Å²) in [5.41, 5.74) is 5.03. The van der Waals surface area contributed by atoms with Gasteiger partial charge < -0.3 is 20.3 Å². The Labute approximate surface area is 164 Å². The molecule has 2 aliphatic rings. The monoisotopic (exact) mass is 410 g/mol. The maximum atomic E-state index is 13.7. The first-order chi connectivity index (χ1) is 13.9. The summed E-state index contributed by atoms with van der Waals surface area (Å²) in [6.45, 7) is 0.501. The van der Waals surface area contributed by atoms with Crippen molar-refractivity contribution in [3.8, 4) is 11.6 Å². The molecule has 1 fully saturated rings. The van der Waals surface area contributed by atoms with E-state index in [4.69, 9.17) is 10.2 Å². The third-order valence-electron chi connectivity index (χ3n) is 5.43. The molecule has 0 unspecified atom stereocenters. The van der Waals surface area contributed by atoms with E-state index in [1.165, 1.54) is 0 Å². The van der Waals surface area contributed by atoms with Crippen molar-refractivity contribution in [1.82, 2.24) is 15.2 Å². The molecule has 2 aromatic rings. The zero-order valence-electron chi connectivity index (χ0n) is 15.6. The van der Waals surface area contributed by atoms with Gasteiger partial charge in [0.2, 0.25) is 0 Å². The molecule has 0 aromatic carbocycles. The fraction of sp³-hybridized carbons (Fsp3) is 0.556. The van der Waals surface area contributed by atoms with E-state index in [0.29, 0.717) is 13.0 Å². The summed E-state index contributed by atoms with van der Waals surface area (Å²) in [6, 6.07) is 0.858. The number of hydrogen-bond acceptors (Lipinski definition) is 8. The lowest BCUT2D eigenvalue weighted by molar-refractivity contribution is -0.137. The molecular weight excluding hydrogens is 389 g/mol. The maximum Gasteiger partial charge on any atom is 0.420 e. The Morgan fingerprint density at radius 1 is 1.14 bits per heavy atom. The molecule has 29 heavy (non-hydrogen) atoms. The van der Waals surface area contributed by atoms with Crippen molar-refractivity contribution < 1.29 is 22.8 Å². The van der Waals surface area contributed by atoms with E-state index >= 15 is 0 Å². The van der Waals surface area contributed by atoms with Crippen molar-refractivity contribution in [2.45, 2.75) is 57.2 Å². The number of anilines is 2. The highest BCUT2D eigenvalue weighted by atomic mass is 19.4. The average Bonchev–Trinajstić information content (AvgIpc) is 3.33. The Morgan fingerprint density at radius 3 is 2.66 bits per heavy atom. The van der Waals surface area contributed by atoms with Gasteiger partial charge in [-0.15, -0.1) is 10.2 Å². The molecule has 3 N–H and O–H groups in total. The Bertz CT molecular complexity index is 927. The van der Waals surface area contributed by atoms with Crippen LogP contribution < -0.4 is 10.6 Å². The van der Waals surface area contributed by atoms with E-state index in [-0.39, 0.29) is 40.7 Å². The van der Waals surface area contributed by atoms with Crippen LogP contribution in [0, 0.1) is 0 Å². The predicted molar refractivity (Wildman–Crippen MR) is 98.7 cm³/mol. The van der Waals surface area contributed by atoms with Gasteiger partial charge in [0.25, 0.3) is 11.8 Å². The van der Waals surface area contributed by atoms with Crippen molar-refractivity contribution in [1.29, 1.82) is 0 Å². The number of aromatic nitrogens is 3. The van der Waals surface area contributed by atoms with Gasteiger partial charge in [0.05, 0.1) is 5.69 Å². The van der Waals surface area contributed by atoms with Gasteiger partial charge in [-0.05, 0) is 38.2 Å². The van der Waals surface area contributed by atoms with E-state index in [2.05, 4.69) is 20.3 Å². The number of nitrogens with two attached hydrogens (primary N) is 1. The Kier molecular flexibility index (Phi) is 5.05. The quantitative estimate of drug-likeness (QED) is 0.501. The molecule has 4 bridgehead atoms. The number of hydrogen-bond donors (Lipinski definition) is 2. The summed E-state index contributed by atoms with van der Waals surface area (Å²) in [7, 11) is 0. The molecule has 0 radical (unpaired) electrons. The molecule has 2 aliphatic heterocycles. The number of nitrogens with zero attached hydrogens (tertiary/aromatic N) is 5. The SMILES string of the molecule is Nc1cc(C(F)(F)F)c2nc1-c1nnc(o1)/C(=N\O)CCCCC[C@@H]1CCCN21. The van der Waals surface area contributed by atoms with Crippen molar-refractivity contribution in [2.24, 2.45) is 5.16 Å². The molecule has 0 spiro atoms. The summed E-state index contributed by atoms with van der Waals surface area (Å²) in [5, 5.41) is 20.2. The van der Waals surface area contributed by atoms with Crippen LogP contribution in [0.3, 0.4) is 0 Å². The number of fused-ring (bicyclic) bond motifs is 7. The summed E-state index contributed by atoms with van der Waals surface area (Å²) >= 11 is 0. The molecule has 1 atom stereocenters. The number of halogens is 3. The fourth-order valence-electron chi connectivity index (χ4n) is 4.02. The second-order valence-electron chi connectivity index (χ2n) is 7.34. The standard InChI is InChI=1S/C18H21F3N6O2/c19-18(20,21)11-9-12(22)14-17-25-24-16(29-17)13(26-28)7-3-1-2-5-10-6-4-8-27(10)15(11)23-14/h9-10,28H,1-8,22H2/b26-13-/t10-/m1/s1. The lowest BCUT2D eigenvalue weighted by Gasteiger charge is -2.29. The highest BCUT2D eigenvalue weighted by Crippen LogP contribution is 2.42. The summed E-state index contributed by atoms with van der Waals surface area (Å²) < 4.78 is 46.8. The minimum absolute atomic E-state index is 0.00116. The molecule has 2 aromatic heterocycles. The van der Waals surface area contributed by atoms with E-state index in [0.717, 1.165) is 44.6 Å². The van der Waals surface area contributed by atoms with Gasteiger partial charge in [-0.2, -0.15) is 13.2 Å². The first-order valence-electron chi connectivity index (χ1n) is 9.58. The topological polar surface area (TPSA) is 114 Å². The summed E-state index contributed by atoms with van der Waals surface area (Å²) in [5.74, 6) is -0.264. The van der Waals surface area contributed by atoms with Crippen LogP contribution in [-0.4, -0.2) is 38.7 Å².